The number of amides is 3. The van der Waals surface area contributed by atoms with Crippen molar-refractivity contribution in [1.82, 2.24) is 10.4 Å². The summed E-state index contributed by atoms with van der Waals surface area (Å²) in [6.07, 6.45) is 2.48. The van der Waals surface area contributed by atoms with Gasteiger partial charge in [-0.05, 0) is 52.4 Å². The third-order valence-corrected chi connectivity index (χ3v) is 4.30. The van der Waals surface area contributed by atoms with Crippen molar-refractivity contribution < 1.29 is 28.8 Å². The Balaban J connectivity index is 1.70. The van der Waals surface area contributed by atoms with Crippen molar-refractivity contribution >= 4 is 23.9 Å². The normalized spacial score (nSPS) is 24.2. The van der Waals surface area contributed by atoms with E-state index in [1.807, 2.05) is 0 Å². The molecule has 0 aromatic carbocycles. The van der Waals surface area contributed by atoms with Crippen LogP contribution in [0.15, 0.2) is 0 Å². The van der Waals surface area contributed by atoms with Crippen molar-refractivity contribution in [3.63, 3.8) is 0 Å². The SMILES string of the molecule is CC(C)(C)OC(=O)NC[C@H]1CC[C@H](C(=O)ON2C(=O)CCC2=O)CC1. The predicted molar refractivity (Wildman–Crippen MR) is 86.9 cm³/mol. The Morgan fingerprint density at radius 1 is 1.08 bits per heavy atom. The number of hydrogen-bond donors (Lipinski definition) is 1. The van der Waals surface area contributed by atoms with Gasteiger partial charge in [-0.2, -0.15) is 0 Å². The number of nitrogens with one attached hydrogen (secondary N) is 1. The molecule has 0 aromatic heterocycles. The van der Waals surface area contributed by atoms with Crippen LogP contribution in [0.1, 0.15) is 59.3 Å². The van der Waals surface area contributed by atoms with Gasteiger partial charge in [0.25, 0.3) is 11.8 Å². The Morgan fingerprint density at radius 3 is 2.16 bits per heavy atom. The highest BCUT2D eigenvalue weighted by atomic mass is 16.7. The summed E-state index contributed by atoms with van der Waals surface area (Å²) >= 11 is 0. The van der Waals surface area contributed by atoms with E-state index in [0.29, 0.717) is 24.4 Å². The fourth-order valence-electron chi connectivity index (χ4n) is 2.97. The zero-order valence-corrected chi connectivity index (χ0v) is 15.0. The van der Waals surface area contributed by atoms with Crippen molar-refractivity contribution in [3.05, 3.63) is 0 Å². The van der Waals surface area contributed by atoms with Crippen LogP contribution in [-0.4, -0.2) is 41.1 Å². The molecule has 1 aliphatic carbocycles. The highest BCUT2D eigenvalue weighted by molar-refractivity contribution is 6.01. The van der Waals surface area contributed by atoms with Gasteiger partial charge in [-0.1, -0.05) is 0 Å². The second-order valence-electron chi connectivity index (χ2n) is 7.59. The number of carbonyl (C=O) groups excluding carboxylic acids is 4. The van der Waals surface area contributed by atoms with E-state index < -0.39 is 29.5 Å². The largest absolute Gasteiger partial charge is 0.444 e. The number of alkyl carbamates (subject to hydrolysis) is 1. The van der Waals surface area contributed by atoms with Crippen molar-refractivity contribution in [2.45, 2.75) is 64.9 Å². The molecule has 2 aliphatic rings. The van der Waals surface area contributed by atoms with Gasteiger partial charge >= 0.3 is 12.1 Å². The third kappa shape index (κ3) is 5.72. The summed E-state index contributed by atoms with van der Waals surface area (Å²) in [5.41, 5.74) is -0.532. The Morgan fingerprint density at radius 2 is 1.64 bits per heavy atom. The molecule has 3 amide bonds. The van der Waals surface area contributed by atoms with Gasteiger partial charge < -0.3 is 14.9 Å². The highest BCUT2D eigenvalue weighted by Crippen LogP contribution is 2.30. The monoisotopic (exact) mass is 354 g/mol. The number of hydroxylamine groups is 2. The molecule has 8 nitrogen and oxygen atoms in total. The number of hydrogen-bond acceptors (Lipinski definition) is 6. The molecular formula is C17H26N2O6. The summed E-state index contributed by atoms with van der Waals surface area (Å²) in [4.78, 5) is 51.7. The second kappa shape index (κ2) is 7.84. The van der Waals surface area contributed by atoms with Crippen LogP contribution in [0.3, 0.4) is 0 Å². The number of rotatable bonds is 4. The van der Waals surface area contributed by atoms with Gasteiger partial charge in [0.2, 0.25) is 0 Å². The zero-order chi connectivity index (χ0) is 18.6. The molecule has 0 unspecified atom stereocenters. The molecule has 1 aliphatic heterocycles. The summed E-state index contributed by atoms with van der Waals surface area (Å²) in [6.45, 7) is 5.91. The molecule has 0 aromatic rings. The fraction of sp³-hybridized carbons (Fsp3) is 0.765. The van der Waals surface area contributed by atoms with Gasteiger partial charge in [-0.3, -0.25) is 9.59 Å². The predicted octanol–water partition coefficient (Wildman–Crippen LogP) is 1.92. The van der Waals surface area contributed by atoms with Crippen LogP contribution in [0.4, 0.5) is 4.79 Å². The Labute approximate surface area is 147 Å². The average molecular weight is 354 g/mol. The first kappa shape index (κ1) is 19.2. The Bertz CT molecular complexity index is 530. The van der Waals surface area contributed by atoms with Crippen LogP contribution in [0.2, 0.25) is 0 Å². The third-order valence-electron chi connectivity index (χ3n) is 4.30. The van der Waals surface area contributed by atoms with E-state index in [2.05, 4.69) is 5.32 Å². The van der Waals surface area contributed by atoms with Crippen LogP contribution in [0.5, 0.6) is 0 Å². The lowest BCUT2D eigenvalue weighted by Crippen LogP contribution is -2.38. The van der Waals surface area contributed by atoms with Crippen LogP contribution in [-0.2, 0) is 24.0 Å². The maximum absolute atomic E-state index is 12.1. The second-order valence-corrected chi connectivity index (χ2v) is 7.59. The quantitative estimate of drug-likeness (QED) is 0.774. The van der Waals surface area contributed by atoms with Crippen molar-refractivity contribution in [1.29, 1.82) is 0 Å². The molecule has 140 valence electrons. The van der Waals surface area contributed by atoms with E-state index in [1.165, 1.54) is 0 Å². The first-order valence-corrected chi connectivity index (χ1v) is 8.70. The lowest BCUT2D eigenvalue weighted by Gasteiger charge is -2.28. The van der Waals surface area contributed by atoms with E-state index in [1.54, 1.807) is 20.8 Å². The van der Waals surface area contributed by atoms with Crippen molar-refractivity contribution in [3.8, 4) is 0 Å². The Kier molecular flexibility index (Phi) is 6.02. The van der Waals surface area contributed by atoms with Gasteiger partial charge in [-0.15, -0.1) is 5.06 Å². The molecule has 0 bridgehead atoms. The molecule has 2 rings (SSSR count). The number of imide groups is 1. The minimum atomic E-state index is -0.532. The molecule has 1 heterocycles. The van der Waals surface area contributed by atoms with Crippen LogP contribution in [0, 0.1) is 11.8 Å². The lowest BCUT2D eigenvalue weighted by atomic mass is 9.82. The summed E-state index contributed by atoms with van der Waals surface area (Å²) in [5, 5.41) is 3.34. The van der Waals surface area contributed by atoms with Gasteiger partial charge in [0.1, 0.15) is 5.60 Å². The van der Waals surface area contributed by atoms with Crippen molar-refractivity contribution in [2.75, 3.05) is 6.54 Å². The zero-order valence-electron chi connectivity index (χ0n) is 15.0. The molecule has 1 N–H and O–H groups in total. The topological polar surface area (TPSA) is 102 Å². The summed E-state index contributed by atoms with van der Waals surface area (Å²) in [7, 11) is 0. The highest BCUT2D eigenvalue weighted by Gasteiger charge is 2.36. The van der Waals surface area contributed by atoms with E-state index in [0.717, 1.165) is 12.8 Å². The molecule has 1 saturated heterocycles. The average Bonchev–Trinajstić information content (AvgIpc) is 2.83. The van der Waals surface area contributed by atoms with E-state index in [-0.39, 0.29) is 24.7 Å². The molecule has 2 fully saturated rings. The smallest absolute Gasteiger partial charge is 0.407 e. The van der Waals surface area contributed by atoms with Gasteiger partial charge in [0, 0.05) is 19.4 Å². The molecule has 0 spiro atoms. The maximum Gasteiger partial charge on any atom is 0.407 e. The standard InChI is InChI=1S/C17H26N2O6/c1-17(2,3)24-16(23)18-10-11-4-6-12(7-5-11)15(22)25-19-13(20)8-9-14(19)21/h11-12H,4-10H2,1-3H3,(H,18,23)/t11-,12-. The van der Waals surface area contributed by atoms with Gasteiger partial charge in [0.15, 0.2) is 0 Å². The molecule has 0 radical (unpaired) electrons. The van der Waals surface area contributed by atoms with E-state index >= 15 is 0 Å². The molecule has 0 atom stereocenters. The first-order chi connectivity index (χ1) is 11.7. The maximum atomic E-state index is 12.1. The number of ether oxygens (including phenoxy) is 1. The van der Waals surface area contributed by atoms with Gasteiger partial charge in [-0.25, -0.2) is 9.59 Å². The fourth-order valence-corrected chi connectivity index (χ4v) is 2.97. The summed E-state index contributed by atoms with van der Waals surface area (Å²) in [5.74, 6) is -1.50. The summed E-state index contributed by atoms with van der Waals surface area (Å²) in [6, 6.07) is 0. The van der Waals surface area contributed by atoms with Gasteiger partial charge in [0.05, 0.1) is 5.92 Å². The first-order valence-electron chi connectivity index (χ1n) is 8.70. The Hall–Kier alpha value is -2.12. The minimum absolute atomic E-state index is 0.0924. The molecule has 25 heavy (non-hydrogen) atoms. The molecular weight excluding hydrogens is 328 g/mol. The van der Waals surface area contributed by atoms with Crippen LogP contribution >= 0.6 is 0 Å². The molecule has 1 saturated carbocycles. The summed E-state index contributed by atoms with van der Waals surface area (Å²) < 4.78 is 5.19. The van der Waals surface area contributed by atoms with Crippen LogP contribution in [0.25, 0.3) is 0 Å². The van der Waals surface area contributed by atoms with E-state index in [9.17, 15) is 19.2 Å². The molecule has 8 heteroatoms. The van der Waals surface area contributed by atoms with E-state index in [4.69, 9.17) is 9.57 Å². The lowest BCUT2D eigenvalue weighted by molar-refractivity contribution is -0.201. The number of nitrogens with zero attached hydrogens (tertiary/aromatic N) is 1. The number of carbonyl (C=O) groups is 4. The minimum Gasteiger partial charge on any atom is -0.444 e. The van der Waals surface area contributed by atoms with Crippen LogP contribution < -0.4 is 5.32 Å². The van der Waals surface area contributed by atoms with Crippen molar-refractivity contribution in [2.24, 2.45) is 11.8 Å².